The summed E-state index contributed by atoms with van der Waals surface area (Å²) in [5.74, 6) is -0.149. The van der Waals surface area contributed by atoms with Crippen molar-refractivity contribution < 1.29 is 32.0 Å². The molecule has 0 saturated carbocycles. The molecule has 0 atom stereocenters. The number of para-hydroxylation sites is 1. The van der Waals surface area contributed by atoms with Crippen LogP contribution in [-0.2, 0) is 17.4 Å². The fourth-order valence-corrected chi connectivity index (χ4v) is 2.51. The molecule has 0 fully saturated rings. The summed E-state index contributed by atoms with van der Waals surface area (Å²) in [5, 5.41) is 3.84. The summed E-state index contributed by atoms with van der Waals surface area (Å²) in [5.41, 5.74) is -0.311. The summed E-state index contributed by atoms with van der Waals surface area (Å²) in [7, 11) is 0. The Labute approximate surface area is 164 Å². The van der Waals surface area contributed by atoms with Crippen LogP contribution in [0.25, 0.3) is 11.4 Å². The molecule has 152 valence electrons. The number of halogens is 3. The Balaban J connectivity index is 1.59. The van der Waals surface area contributed by atoms with Crippen LogP contribution >= 0.6 is 0 Å². The molecule has 6 nitrogen and oxygen atoms in total. The van der Waals surface area contributed by atoms with Crippen molar-refractivity contribution in [2.75, 3.05) is 6.61 Å². The van der Waals surface area contributed by atoms with Crippen LogP contribution in [0.15, 0.2) is 53.1 Å². The van der Waals surface area contributed by atoms with E-state index in [1.807, 2.05) is 6.92 Å². The summed E-state index contributed by atoms with van der Waals surface area (Å²) >= 11 is 0. The molecule has 3 aromatic rings. The first-order chi connectivity index (χ1) is 13.9. The quantitative estimate of drug-likeness (QED) is 0.419. The number of carbonyl (C=O) groups excluding carboxylic acids is 1. The number of carbonyl (C=O) groups is 1. The summed E-state index contributed by atoms with van der Waals surface area (Å²) in [4.78, 5) is 16.1. The van der Waals surface area contributed by atoms with Crippen LogP contribution in [0.5, 0.6) is 11.5 Å². The van der Waals surface area contributed by atoms with Gasteiger partial charge in [-0.1, -0.05) is 17.3 Å². The Morgan fingerprint density at radius 3 is 2.52 bits per heavy atom. The first-order valence-corrected chi connectivity index (χ1v) is 8.79. The van der Waals surface area contributed by atoms with Gasteiger partial charge in [0, 0.05) is 12.0 Å². The zero-order chi connectivity index (χ0) is 20.9. The summed E-state index contributed by atoms with van der Waals surface area (Å²) in [6, 6.07) is 11.6. The molecule has 0 saturated heterocycles. The van der Waals surface area contributed by atoms with Crippen LogP contribution in [0, 0.1) is 0 Å². The predicted molar refractivity (Wildman–Crippen MR) is 96.3 cm³/mol. The molecule has 0 aliphatic carbocycles. The van der Waals surface area contributed by atoms with Crippen molar-refractivity contribution in [3.05, 3.63) is 60.0 Å². The van der Waals surface area contributed by atoms with Crippen molar-refractivity contribution >= 4 is 5.97 Å². The number of aromatic nitrogens is 2. The minimum Gasteiger partial charge on any atom is -0.494 e. The van der Waals surface area contributed by atoms with Gasteiger partial charge in [-0.25, -0.2) is 0 Å². The van der Waals surface area contributed by atoms with E-state index in [9.17, 15) is 18.0 Å². The van der Waals surface area contributed by atoms with E-state index in [0.29, 0.717) is 23.7 Å². The minimum atomic E-state index is -4.62. The van der Waals surface area contributed by atoms with Crippen LogP contribution < -0.4 is 9.47 Å². The highest BCUT2D eigenvalue weighted by molar-refractivity contribution is 5.73. The minimum absolute atomic E-state index is 0.0387. The van der Waals surface area contributed by atoms with E-state index in [0.717, 1.165) is 12.1 Å². The summed E-state index contributed by atoms with van der Waals surface area (Å²) < 4.78 is 54.2. The van der Waals surface area contributed by atoms with E-state index in [-0.39, 0.29) is 18.7 Å². The number of rotatable bonds is 7. The van der Waals surface area contributed by atoms with Crippen LogP contribution in [0.4, 0.5) is 13.2 Å². The number of hydrogen-bond donors (Lipinski definition) is 0. The maximum absolute atomic E-state index is 12.9. The molecule has 0 bridgehead atoms. The second-order valence-electron chi connectivity index (χ2n) is 5.94. The standard InChI is InChI=1S/C20H17F3N2O4/c1-2-27-14-9-7-13(8-10-14)19-24-17(29-25-19)11-12-18(26)28-16-6-4-3-5-15(16)20(21,22)23/h3-10H,2,11-12H2,1H3. The molecule has 0 radical (unpaired) electrons. The van der Waals surface area contributed by atoms with E-state index in [1.54, 1.807) is 24.3 Å². The molecule has 2 aromatic carbocycles. The van der Waals surface area contributed by atoms with Gasteiger partial charge in [-0.15, -0.1) is 0 Å². The topological polar surface area (TPSA) is 74.5 Å². The van der Waals surface area contributed by atoms with Gasteiger partial charge in [0.1, 0.15) is 11.5 Å². The molecule has 0 amide bonds. The van der Waals surface area contributed by atoms with Crippen molar-refractivity contribution in [2.45, 2.75) is 25.9 Å². The monoisotopic (exact) mass is 406 g/mol. The van der Waals surface area contributed by atoms with E-state index in [4.69, 9.17) is 14.0 Å². The molecular formula is C20H17F3N2O4. The SMILES string of the molecule is CCOc1ccc(-c2noc(CCC(=O)Oc3ccccc3C(F)(F)F)n2)cc1. The third-order valence-corrected chi connectivity index (χ3v) is 3.85. The third-order valence-electron chi connectivity index (χ3n) is 3.85. The highest BCUT2D eigenvalue weighted by Crippen LogP contribution is 2.36. The van der Waals surface area contributed by atoms with Gasteiger partial charge in [0.2, 0.25) is 11.7 Å². The van der Waals surface area contributed by atoms with Crippen LogP contribution in [-0.4, -0.2) is 22.7 Å². The largest absolute Gasteiger partial charge is 0.494 e. The van der Waals surface area contributed by atoms with E-state index >= 15 is 0 Å². The number of benzene rings is 2. The van der Waals surface area contributed by atoms with E-state index in [2.05, 4.69) is 10.1 Å². The normalized spacial score (nSPS) is 11.3. The van der Waals surface area contributed by atoms with Crippen LogP contribution in [0.2, 0.25) is 0 Å². The number of aryl methyl sites for hydroxylation is 1. The molecule has 0 aliphatic rings. The zero-order valence-corrected chi connectivity index (χ0v) is 15.4. The van der Waals surface area contributed by atoms with Gasteiger partial charge >= 0.3 is 12.1 Å². The molecule has 1 aromatic heterocycles. The van der Waals surface area contributed by atoms with Crippen molar-refractivity contribution in [3.63, 3.8) is 0 Å². The molecular weight excluding hydrogens is 389 g/mol. The highest BCUT2D eigenvalue weighted by atomic mass is 19.4. The van der Waals surface area contributed by atoms with Crippen molar-refractivity contribution in [1.29, 1.82) is 0 Å². The fraction of sp³-hybridized carbons (Fsp3) is 0.250. The Kier molecular flexibility index (Phi) is 6.16. The van der Waals surface area contributed by atoms with Gasteiger partial charge in [0.25, 0.3) is 0 Å². The van der Waals surface area contributed by atoms with Gasteiger partial charge < -0.3 is 14.0 Å². The molecule has 1 heterocycles. The van der Waals surface area contributed by atoms with Gasteiger partial charge in [0.15, 0.2) is 0 Å². The van der Waals surface area contributed by atoms with E-state index < -0.39 is 23.5 Å². The van der Waals surface area contributed by atoms with Crippen LogP contribution in [0.1, 0.15) is 24.8 Å². The second kappa shape index (κ2) is 8.76. The van der Waals surface area contributed by atoms with Crippen molar-refractivity contribution in [1.82, 2.24) is 10.1 Å². The maximum atomic E-state index is 12.9. The van der Waals surface area contributed by atoms with Crippen molar-refractivity contribution in [3.8, 4) is 22.9 Å². The molecule has 0 aliphatic heterocycles. The number of ether oxygens (including phenoxy) is 2. The second-order valence-corrected chi connectivity index (χ2v) is 5.94. The number of esters is 1. The molecule has 29 heavy (non-hydrogen) atoms. The number of hydrogen-bond acceptors (Lipinski definition) is 6. The first kappa shape index (κ1) is 20.4. The average Bonchev–Trinajstić information content (AvgIpc) is 3.16. The highest BCUT2D eigenvalue weighted by Gasteiger charge is 2.34. The Morgan fingerprint density at radius 2 is 1.83 bits per heavy atom. The lowest BCUT2D eigenvalue weighted by Crippen LogP contribution is -2.14. The Bertz CT molecular complexity index is 968. The summed E-state index contributed by atoms with van der Waals surface area (Å²) in [6.45, 7) is 2.43. The molecule has 0 spiro atoms. The third kappa shape index (κ3) is 5.34. The van der Waals surface area contributed by atoms with Gasteiger partial charge in [0.05, 0.1) is 18.6 Å². The zero-order valence-electron chi connectivity index (χ0n) is 15.4. The van der Waals surface area contributed by atoms with E-state index in [1.165, 1.54) is 12.1 Å². The summed E-state index contributed by atoms with van der Waals surface area (Å²) in [6.07, 6.45) is -4.79. The smallest absolute Gasteiger partial charge is 0.419 e. The molecule has 0 unspecified atom stereocenters. The lowest BCUT2D eigenvalue weighted by Gasteiger charge is -2.12. The fourth-order valence-electron chi connectivity index (χ4n) is 2.51. The van der Waals surface area contributed by atoms with Crippen LogP contribution in [0.3, 0.4) is 0 Å². The predicted octanol–water partition coefficient (Wildman–Crippen LogP) is 4.69. The van der Waals surface area contributed by atoms with Gasteiger partial charge in [-0.05, 0) is 43.3 Å². The first-order valence-electron chi connectivity index (χ1n) is 8.79. The van der Waals surface area contributed by atoms with Crippen molar-refractivity contribution in [2.24, 2.45) is 0 Å². The van der Waals surface area contributed by atoms with Gasteiger partial charge in [-0.3, -0.25) is 4.79 Å². The lowest BCUT2D eigenvalue weighted by molar-refractivity contribution is -0.142. The van der Waals surface area contributed by atoms with Gasteiger partial charge in [-0.2, -0.15) is 18.2 Å². The molecule has 0 N–H and O–H groups in total. The Morgan fingerprint density at radius 1 is 1.10 bits per heavy atom. The number of nitrogens with zero attached hydrogens (tertiary/aromatic N) is 2. The molecule has 3 rings (SSSR count). The lowest BCUT2D eigenvalue weighted by atomic mass is 10.2. The number of alkyl halides is 3. The maximum Gasteiger partial charge on any atom is 0.419 e. The molecule has 9 heteroatoms. The Hall–Kier alpha value is -3.36. The average molecular weight is 406 g/mol.